The normalized spacial score (nSPS) is 10.5. The Bertz CT molecular complexity index is 358. The molecule has 0 aliphatic rings. The van der Waals surface area contributed by atoms with E-state index < -0.39 is 6.48 Å². The zero-order valence-corrected chi connectivity index (χ0v) is 9.88. The second-order valence-corrected chi connectivity index (χ2v) is 3.16. The molecule has 1 aromatic carbocycles. The summed E-state index contributed by atoms with van der Waals surface area (Å²) in [4.78, 5) is 10.5. The van der Waals surface area contributed by atoms with Crippen LogP contribution >= 0.6 is 0 Å². The lowest BCUT2D eigenvalue weighted by Crippen LogP contribution is -2.24. The maximum atomic E-state index is 10.5. The highest BCUT2D eigenvalue weighted by Crippen LogP contribution is 2.23. The minimum absolute atomic E-state index is 0.135. The van der Waals surface area contributed by atoms with E-state index in [4.69, 9.17) is 14.2 Å². The van der Waals surface area contributed by atoms with Gasteiger partial charge < -0.3 is 19.3 Å². The number of ether oxygens (including phenoxy) is 3. The third-order valence-corrected chi connectivity index (χ3v) is 1.97. The first-order valence-electron chi connectivity index (χ1n) is 5.39. The number of aldehydes is 1. The first kappa shape index (κ1) is 13.5. The first-order valence-corrected chi connectivity index (χ1v) is 5.39. The van der Waals surface area contributed by atoms with Crippen LogP contribution in [0, 0.1) is 0 Å². The monoisotopic (exact) mass is 240 g/mol. The van der Waals surface area contributed by atoms with Gasteiger partial charge in [0.1, 0.15) is 11.5 Å². The van der Waals surface area contributed by atoms with Gasteiger partial charge in [0.15, 0.2) is 6.29 Å². The lowest BCUT2D eigenvalue weighted by molar-refractivity contribution is -0.242. The maximum Gasteiger partial charge on any atom is 0.315 e. The molecule has 1 rings (SSSR count). The van der Waals surface area contributed by atoms with Crippen molar-refractivity contribution in [2.75, 3.05) is 13.2 Å². The molecule has 0 aromatic heterocycles. The molecule has 0 unspecified atom stereocenters. The molecule has 0 aliphatic carbocycles. The Morgan fingerprint density at radius 1 is 1.29 bits per heavy atom. The molecule has 17 heavy (non-hydrogen) atoms. The molecule has 0 atom stereocenters. The summed E-state index contributed by atoms with van der Waals surface area (Å²) < 4.78 is 15.7. The van der Waals surface area contributed by atoms with E-state index in [2.05, 4.69) is 0 Å². The smallest absolute Gasteiger partial charge is 0.315 e. The van der Waals surface area contributed by atoms with Gasteiger partial charge in [-0.25, -0.2) is 0 Å². The van der Waals surface area contributed by atoms with Gasteiger partial charge in [-0.3, -0.25) is 4.79 Å². The molecule has 0 bridgehead atoms. The fraction of sp³-hybridized carbons (Fsp3) is 0.417. The third kappa shape index (κ3) is 4.05. The number of carbonyl (C=O) groups is 1. The Morgan fingerprint density at radius 3 is 2.41 bits per heavy atom. The van der Waals surface area contributed by atoms with E-state index in [1.807, 2.05) is 13.8 Å². The fourth-order valence-corrected chi connectivity index (χ4v) is 1.20. The van der Waals surface area contributed by atoms with E-state index in [1.165, 1.54) is 12.1 Å². The lowest BCUT2D eigenvalue weighted by Gasteiger charge is -2.18. The zero-order chi connectivity index (χ0) is 12.7. The average molecular weight is 240 g/mol. The van der Waals surface area contributed by atoms with E-state index in [0.29, 0.717) is 25.2 Å². The maximum absolute atomic E-state index is 10.5. The van der Waals surface area contributed by atoms with Gasteiger partial charge in [0.25, 0.3) is 0 Å². The van der Waals surface area contributed by atoms with E-state index in [0.717, 1.165) is 0 Å². The van der Waals surface area contributed by atoms with Crippen LogP contribution in [0.25, 0.3) is 0 Å². The predicted molar refractivity (Wildman–Crippen MR) is 61.2 cm³/mol. The van der Waals surface area contributed by atoms with Crippen molar-refractivity contribution in [1.29, 1.82) is 0 Å². The van der Waals surface area contributed by atoms with E-state index in [1.54, 1.807) is 6.07 Å². The molecular formula is C12H16O5. The molecular weight excluding hydrogens is 224 g/mol. The molecule has 0 heterocycles. The second-order valence-electron chi connectivity index (χ2n) is 3.16. The highest BCUT2D eigenvalue weighted by Gasteiger charge is 2.11. The number of aromatic hydroxyl groups is 1. The van der Waals surface area contributed by atoms with Gasteiger partial charge in [-0.15, -0.1) is 0 Å². The minimum atomic E-state index is -0.813. The summed E-state index contributed by atoms with van der Waals surface area (Å²) in [6.45, 7) is 3.73. The van der Waals surface area contributed by atoms with E-state index in [9.17, 15) is 9.90 Å². The summed E-state index contributed by atoms with van der Waals surface area (Å²) >= 11 is 0. The molecule has 1 aromatic rings. The molecule has 0 saturated carbocycles. The van der Waals surface area contributed by atoms with Crippen molar-refractivity contribution in [3.63, 3.8) is 0 Å². The summed E-state index contributed by atoms with van der Waals surface area (Å²) in [5, 5.41) is 9.47. The summed E-state index contributed by atoms with van der Waals surface area (Å²) in [6.07, 6.45) is 0.571. The molecule has 0 aliphatic heterocycles. The number of rotatable bonds is 7. The summed E-state index contributed by atoms with van der Waals surface area (Å²) in [5.74, 6) is 0.240. The highest BCUT2D eigenvalue weighted by atomic mass is 16.8. The van der Waals surface area contributed by atoms with Crippen LogP contribution < -0.4 is 4.74 Å². The number of hydrogen-bond donors (Lipinski definition) is 1. The van der Waals surface area contributed by atoms with Crippen LogP contribution in [0.1, 0.15) is 24.2 Å². The van der Waals surface area contributed by atoms with Crippen molar-refractivity contribution < 1.29 is 24.1 Å². The number of hydrogen-bond acceptors (Lipinski definition) is 5. The van der Waals surface area contributed by atoms with Crippen LogP contribution in [-0.4, -0.2) is 31.1 Å². The zero-order valence-electron chi connectivity index (χ0n) is 9.88. The van der Waals surface area contributed by atoms with Gasteiger partial charge in [-0.05, 0) is 26.0 Å². The number of phenolic OH excluding ortho intramolecular Hbond substituents is 1. The van der Waals surface area contributed by atoms with Crippen molar-refractivity contribution >= 4 is 6.29 Å². The van der Waals surface area contributed by atoms with Gasteiger partial charge in [0, 0.05) is 6.07 Å². The van der Waals surface area contributed by atoms with Crippen molar-refractivity contribution in [3.8, 4) is 11.5 Å². The first-order chi connectivity index (χ1) is 8.21. The largest absolute Gasteiger partial charge is 0.507 e. The molecule has 0 fully saturated rings. The summed E-state index contributed by atoms with van der Waals surface area (Å²) in [6, 6.07) is 4.37. The van der Waals surface area contributed by atoms with Gasteiger partial charge >= 0.3 is 6.48 Å². The van der Waals surface area contributed by atoms with Crippen LogP contribution in [0.4, 0.5) is 0 Å². The van der Waals surface area contributed by atoms with Crippen LogP contribution in [-0.2, 0) is 9.47 Å². The van der Waals surface area contributed by atoms with Crippen LogP contribution in [0.2, 0.25) is 0 Å². The fourth-order valence-electron chi connectivity index (χ4n) is 1.20. The SMILES string of the molecule is CCOC(OCC)Oc1ccc(C=O)c(O)c1. The van der Waals surface area contributed by atoms with Gasteiger partial charge in [-0.2, -0.15) is 0 Å². The van der Waals surface area contributed by atoms with Gasteiger partial charge in [-0.1, -0.05) is 0 Å². The summed E-state index contributed by atoms with van der Waals surface area (Å²) in [5.41, 5.74) is 0.210. The Balaban J connectivity index is 2.71. The average Bonchev–Trinajstić information content (AvgIpc) is 2.30. The Kier molecular flexibility index (Phi) is 5.45. The molecule has 5 heteroatoms. The number of benzene rings is 1. The van der Waals surface area contributed by atoms with Crippen molar-refractivity contribution in [2.45, 2.75) is 20.3 Å². The quantitative estimate of drug-likeness (QED) is 0.582. The summed E-state index contributed by atoms with van der Waals surface area (Å²) in [7, 11) is 0. The third-order valence-electron chi connectivity index (χ3n) is 1.97. The van der Waals surface area contributed by atoms with E-state index in [-0.39, 0.29) is 11.3 Å². The van der Waals surface area contributed by atoms with Gasteiger partial charge in [0.05, 0.1) is 18.8 Å². The van der Waals surface area contributed by atoms with Crippen LogP contribution in [0.5, 0.6) is 11.5 Å². The van der Waals surface area contributed by atoms with Crippen LogP contribution in [0.3, 0.4) is 0 Å². The Labute approximate surface area is 99.9 Å². The molecule has 94 valence electrons. The van der Waals surface area contributed by atoms with Crippen molar-refractivity contribution in [2.24, 2.45) is 0 Å². The molecule has 5 nitrogen and oxygen atoms in total. The topological polar surface area (TPSA) is 65.0 Å². The van der Waals surface area contributed by atoms with Crippen molar-refractivity contribution in [3.05, 3.63) is 23.8 Å². The van der Waals surface area contributed by atoms with Crippen LogP contribution in [0.15, 0.2) is 18.2 Å². The Hall–Kier alpha value is -1.59. The molecule has 0 spiro atoms. The second kappa shape index (κ2) is 6.88. The van der Waals surface area contributed by atoms with E-state index >= 15 is 0 Å². The molecule has 0 saturated heterocycles. The minimum Gasteiger partial charge on any atom is -0.507 e. The molecule has 0 amide bonds. The van der Waals surface area contributed by atoms with Crippen molar-refractivity contribution in [1.82, 2.24) is 0 Å². The van der Waals surface area contributed by atoms with Gasteiger partial charge in [0.2, 0.25) is 0 Å². The highest BCUT2D eigenvalue weighted by molar-refractivity contribution is 5.79. The Morgan fingerprint density at radius 2 is 1.94 bits per heavy atom. The molecule has 0 radical (unpaired) electrons. The number of phenols is 1. The standard InChI is InChI=1S/C12H16O5/c1-3-15-12(16-4-2)17-10-6-5-9(8-13)11(14)7-10/h5-8,12,14H,3-4H2,1-2H3. The molecule has 1 N–H and O–H groups in total. The lowest BCUT2D eigenvalue weighted by atomic mass is 10.2. The number of carbonyl (C=O) groups excluding carboxylic acids is 1. The predicted octanol–water partition coefficient (Wildman–Crippen LogP) is 1.94.